The number of hydrogen-bond donors (Lipinski definition) is 3. The Morgan fingerprint density at radius 2 is 1.89 bits per heavy atom. The molecule has 9 nitrogen and oxygen atoms in total. The molecule has 3 fully saturated rings. The van der Waals surface area contributed by atoms with Gasteiger partial charge in [-0.1, -0.05) is 13.8 Å². The summed E-state index contributed by atoms with van der Waals surface area (Å²) in [7, 11) is 0. The van der Waals surface area contributed by atoms with Crippen LogP contribution in [0, 0.1) is 17.8 Å². The first-order valence-electron chi connectivity index (χ1n) is 13.0. The third-order valence-corrected chi connectivity index (χ3v) is 8.22. The van der Waals surface area contributed by atoms with E-state index >= 15 is 0 Å². The molecule has 3 saturated heterocycles. The molecule has 3 aliphatic rings. The van der Waals surface area contributed by atoms with Crippen LogP contribution in [0.25, 0.3) is 0 Å². The fraction of sp³-hybridized carbons (Fsp3) is 0.667. The van der Waals surface area contributed by atoms with Crippen molar-refractivity contribution in [3.63, 3.8) is 0 Å². The van der Waals surface area contributed by atoms with Crippen molar-refractivity contribution in [2.24, 2.45) is 17.8 Å². The van der Waals surface area contributed by atoms with Crippen LogP contribution in [0.3, 0.4) is 0 Å². The van der Waals surface area contributed by atoms with E-state index in [2.05, 4.69) is 10.6 Å². The molecule has 198 valence electrons. The molecule has 3 amide bonds. The third-order valence-electron chi connectivity index (χ3n) is 8.22. The molecule has 0 saturated carbocycles. The Morgan fingerprint density at radius 1 is 1.22 bits per heavy atom. The zero-order chi connectivity index (χ0) is 26.4. The van der Waals surface area contributed by atoms with Gasteiger partial charge in [0.25, 0.3) is 0 Å². The Hall–Kier alpha value is -2.65. The summed E-state index contributed by atoms with van der Waals surface area (Å²) < 4.78 is 12.2. The first-order chi connectivity index (χ1) is 17.0. The highest BCUT2D eigenvalue weighted by Crippen LogP contribution is 2.65. The lowest BCUT2D eigenvalue weighted by Crippen LogP contribution is -2.58. The Morgan fingerprint density at radius 3 is 2.44 bits per heavy atom. The van der Waals surface area contributed by atoms with Gasteiger partial charge in [0.1, 0.15) is 17.4 Å². The number of aliphatic hydroxyl groups excluding tert-OH is 1. The van der Waals surface area contributed by atoms with Crippen LogP contribution in [0.5, 0.6) is 5.75 Å². The van der Waals surface area contributed by atoms with Gasteiger partial charge in [-0.25, -0.2) is 0 Å². The van der Waals surface area contributed by atoms with Crippen molar-refractivity contribution in [2.45, 2.75) is 83.7 Å². The van der Waals surface area contributed by atoms with Crippen LogP contribution in [-0.2, 0) is 19.1 Å². The number of carbonyl (C=O) groups is 3. The van der Waals surface area contributed by atoms with Crippen molar-refractivity contribution in [2.75, 3.05) is 18.5 Å². The highest BCUT2D eigenvalue weighted by Gasteiger charge is 2.80. The van der Waals surface area contributed by atoms with Crippen LogP contribution in [0.4, 0.5) is 5.69 Å². The van der Waals surface area contributed by atoms with Crippen molar-refractivity contribution in [3.8, 4) is 5.75 Å². The van der Waals surface area contributed by atoms with Crippen molar-refractivity contribution in [1.82, 2.24) is 10.2 Å². The van der Waals surface area contributed by atoms with Crippen molar-refractivity contribution < 1.29 is 29.0 Å². The molecule has 1 aromatic rings. The molecule has 7 atom stereocenters. The van der Waals surface area contributed by atoms with E-state index in [0.29, 0.717) is 30.9 Å². The molecule has 9 heteroatoms. The second kappa shape index (κ2) is 9.67. The summed E-state index contributed by atoms with van der Waals surface area (Å²) in [5, 5.41) is 16.0. The minimum absolute atomic E-state index is 0.0545. The molecule has 3 N–H and O–H groups in total. The maximum absolute atomic E-state index is 14.0. The number of benzene rings is 1. The van der Waals surface area contributed by atoms with Gasteiger partial charge in [0.15, 0.2) is 0 Å². The smallest absolute Gasteiger partial charge is 0.246 e. The molecule has 3 aliphatic heterocycles. The van der Waals surface area contributed by atoms with Crippen LogP contribution in [-0.4, -0.2) is 70.3 Å². The molecule has 1 spiro atoms. The van der Waals surface area contributed by atoms with Crippen LogP contribution < -0.4 is 15.4 Å². The number of hydrogen-bond acceptors (Lipinski definition) is 6. The molecule has 0 aromatic heterocycles. The van der Waals surface area contributed by atoms with E-state index in [9.17, 15) is 19.5 Å². The molecule has 2 bridgehead atoms. The van der Waals surface area contributed by atoms with Gasteiger partial charge in [0.2, 0.25) is 17.7 Å². The van der Waals surface area contributed by atoms with Gasteiger partial charge in [-0.05, 0) is 70.7 Å². The Balaban J connectivity index is 1.72. The molecule has 1 aromatic carbocycles. The van der Waals surface area contributed by atoms with Crippen LogP contribution in [0.2, 0.25) is 0 Å². The van der Waals surface area contributed by atoms with E-state index in [0.717, 1.165) is 0 Å². The van der Waals surface area contributed by atoms with E-state index in [4.69, 9.17) is 9.47 Å². The zero-order valence-electron chi connectivity index (χ0n) is 22.0. The lowest BCUT2D eigenvalue weighted by atomic mass is 9.62. The van der Waals surface area contributed by atoms with Crippen molar-refractivity contribution in [3.05, 3.63) is 24.3 Å². The maximum Gasteiger partial charge on any atom is 0.246 e. The molecular formula is C27H39N3O6. The second-order valence-electron chi connectivity index (χ2n) is 10.8. The number of ether oxygens (including phenoxy) is 2. The number of carbonyl (C=O) groups excluding carboxylic acids is 3. The number of amides is 3. The van der Waals surface area contributed by atoms with Crippen LogP contribution >= 0.6 is 0 Å². The molecule has 4 rings (SSSR count). The third kappa shape index (κ3) is 3.96. The average Bonchev–Trinajstić information content (AvgIpc) is 3.33. The Labute approximate surface area is 212 Å². The van der Waals surface area contributed by atoms with Gasteiger partial charge < -0.3 is 30.1 Å². The van der Waals surface area contributed by atoms with E-state index in [1.54, 1.807) is 24.3 Å². The minimum Gasteiger partial charge on any atom is -0.494 e. The molecule has 3 heterocycles. The van der Waals surface area contributed by atoms with Gasteiger partial charge in [-0.15, -0.1) is 0 Å². The monoisotopic (exact) mass is 501 g/mol. The molecular weight excluding hydrogens is 462 g/mol. The summed E-state index contributed by atoms with van der Waals surface area (Å²) in [6, 6.07) is 5.50. The summed E-state index contributed by atoms with van der Waals surface area (Å²) in [6.07, 6.45) is 0.966. The quantitative estimate of drug-likeness (QED) is 0.478. The number of nitrogens with zero attached hydrogens (tertiary/aromatic N) is 1. The SMILES string of the molecule is CCOc1ccc(NC(=O)[C@H]2[C@H]3C(=O)N([C@@H](CC)CO)C(C(=O)NC(C)C)C34CC(C)[C@]2(C)O4)cc1. The lowest BCUT2D eigenvalue weighted by Gasteiger charge is -2.37. The predicted octanol–water partition coefficient (Wildman–Crippen LogP) is 2.33. The van der Waals surface area contributed by atoms with E-state index in [-0.39, 0.29) is 36.3 Å². The molecule has 36 heavy (non-hydrogen) atoms. The van der Waals surface area contributed by atoms with Gasteiger partial charge in [-0.2, -0.15) is 0 Å². The Kier molecular flexibility index (Phi) is 7.09. The largest absolute Gasteiger partial charge is 0.494 e. The summed E-state index contributed by atoms with van der Waals surface area (Å²) in [5.74, 6) is -1.87. The number of rotatable bonds is 9. The van der Waals surface area contributed by atoms with E-state index in [1.165, 1.54) is 4.90 Å². The molecule has 0 aliphatic carbocycles. The number of anilines is 1. The molecule has 3 unspecified atom stereocenters. The lowest BCUT2D eigenvalue weighted by molar-refractivity contribution is -0.150. The van der Waals surface area contributed by atoms with Crippen LogP contribution in [0.1, 0.15) is 54.4 Å². The fourth-order valence-electron chi connectivity index (χ4n) is 6.57. The predicted molar refractivity (Wildman–Crippen MR) is 134 cm³/mol. The number of aliphatic hydroxyl groups is 1. The normalized spacial score (nSPS) is 33.6. The summed E-state index contributed by atoms with van der Waals surface area (Å²) in [5.41, 5.74) is -1.44. The Bertz CT molecular complexity index is 1010. The summed E-state index contributed by atoms with van der Waals surface area (Å²) in [6.45, 7) is 11.7. The summed E-state index contributed by atoms with van der Waals surface area (Å²) in [4.78, 5) is 42.9. The van der Waals surface area contributed by atoms with Gasteiger partial charge in [-0.3, -0.25) is 14.4 Å². The summed E-state index contributed by atoms with van der Waals surface area (Å²) >= 11 is 0. The van der Waals surface area contributed by atoms with E-state index < -0.39 is 35.1 Å². The van der Waals surface area contributed by atoms with Crippen molar-refractivity contribution in [1.29, 1.82) is 0 Å². The zero-order valence-corrected chi connectivity index (χ0v) is 22.0. The highest BCUT2D eigenvalue weighted by atomic mass is 16.5. The van der Waals surface area contributed by atoms with E-state index in [1.807, 2.05) is 41.5 Å². The first kappa shape index (κ1) is 26.4. The van der Waals surface area contributed by atoms with Crippen LogP contribution in [0.15, 0.2) is 24.3 Å². The second-order valence-corrected chi connectivity index (χ2v) is 10.8. The van der Waals surface area contributed by atoms with Crippen molar-refractivity contribution >= 4 is 23.4 Å². The average molecular weight is 502 g/mol. The highest BCUT2D eigenvalue weighted by molar-refractivity contribution is 6.02. The number of likely N-dealkylation sites (tertiary alicyclic amines) is 1. The number of nitrogens with one attached hydrogen (secondary N) is 2. The number of fused-ring (bicyclic) bond motifs is 1. The maximum atomic E-state index is 14.0. The minimum atomic E-state index is -1.13. The van der Waals surface area contributed by atoms with Gasteiger partial charge in [0.05, 0.1) is 36.7 Å². The molecule has 0 radical (unpaired) electrons. The van der Waals surface area contributed by atoms with Gasteiger partial charge in [0, 0.05) is 11.7 Å². The fourth-order valence-corrected chi connectivity index (χ4v) is 6.57. The topological polar surface area (TPSA) is 117 Å². The standard InChI is InChI=1S/C27H39N3O6/c1-7-18(14-31)30-22(24(33)28-15(3)4)27-13-16(5)26(6,36-27)20(21(27)25(30)34)23(32)29-17-9-11-19(12-10-17)35-8-2/h9-12,15-16,18,20-22,31H,7-8,13-14H2,1-6H3,(H,28,33)(H,29,32)/t16?,18-,20+,21-,22?,26-,27?/m0/s1. The first-order valence-corrected chi connectivity index (χ1v) is 13.0. The van der Waals surface area contributed by atoms with Gasteiger partial charge >= 0.3 is 0 Å².